The van der Waals surface area contributed by atoms with Gasteiger partial charge in [0.15, 0.2) is 0 Å². The minimum absolute atomic E-state index is 0.106. The fourth-order valence-electron chi connectivity index (χ4n) is 2.40. The number of thioether (sulfide) groups is 1. The van der Waals surface area contributed by atoms with Crippen LogP contribution in [0.2, 0.25) is 10.0 Å². The van der Waals surface area contributed by atoms with Gasteiger partial charge in [0, 0.05) is 24.0 Å². The number of carbonyl (C=O) groups excluding carboxylic acids is 1. The van der Waals surface area contributed by atoms with E-state index in [1.165, 1.54) is 11.6 Å². The van der Waals surface area contributed by atoms with Gasteiger partial charge in [0.1, 0.15) is 11.5 Å². The molecule has 0 radical (unpaired) electrons. The summed E-state index contributed by atoms with van der Waals surface area (Å²) in [6.45, 7) is 1.34. The van der Waals surface area contributed by atoms with Crippen LogP contribution in [0.5, 0.6) is 0 Å². The van der Waals surface area contributed by atoms with Crippen LogP contribution in [0.4, 0.5) is 19.0 Å². The van der Waals surface area contributed by atoms with E-state index in [0.717, 1.165) is 23.4 Å². The zero-order valence-corrected chi connectivity index (χ0v) is 14.5. The average molecular weight is 396 g/mol. The van der Waals surface area contributed by atoms with Crippen molar-refractivity contribution in [2.24, 2.45) is 0 Å². The summed E-state index contributed by atoms with van der Waals surface area (Å²) in [7, 11) is 0. The van der Waals surface area contributed by atoms with Gasteiger partial charge in [-0.05, 0) is 12.1 Å². The Morgan fingerprint density at radius 2 is 1.92 bits per heavy atom. The zero-order chi connectivity index (χ0) is 17.6. The second kappa shape index (κ2) is 6.16. The molecule has 3 rings (SSSR count). The van der Waals surface area contributed by atoms with Crippen molar-refractivity contribution in [3.8, 4) is 5.69 Å². The molecule has 1 aliphatic rings. The number of nitrogens with zero attached hydrogens (tertiary/aromatic N) is 2. The Morgan fingerprint density at radius 3 is 2.46 bits per heavy atom. The largest absolute Gasteiger partial charge is 0.416 e. The van der Waals surface area contributed by atoms with Gasteiger partial charge in [0.2, 0.25) is 5.91 Å². The molecule has 0 bridgehead atoms. The first-order valence-corrected chi connectivity index (χ1v) is 8.62. The highest BCUT2D eigenvalue weighted by Crippen LogP contribution is 2.41. The Morgan fingerprint density at radius 1 is 1.29 bits per heavy atom. The molecule has 24 heavy (non-hydrogen) atoms. The Hall–Kier alpha value is -1.38. The number of nitrogens with one attached hydrogen (secondary N) is 1. The summed E-state index contributed by atoms with van der Waals surface area (Å²) in [5.74, 6) is 1.34. The van der Waals surface area contributed by atoms with Crippen molar-refractivity contribution in [1.82, 2.24) is 9.78 Å². The SMILES string of the molecule is CC(=O)Nc1c2c(nn1-c1c(Cl)cc(C(F)(F)F)cc1Cl)CSC2. The van der Waals surface area contributed by atoms with Crippen LogP contribution in [-0.4, -0.2) is 15.7 Å². The van der Waals surface area contributed by atoms with Crippen LogP contribution < -0.4 is 5.32 Å². The van der Waals surface area contributed by atoms with Crippen molar-refractivity contribution in [3.05, 3.63) is 39.0 Å². The molecule has 0 aliphatic carbocycles. The lowest BCUT2D eigenvalue weighted by Gasteiger charge is -2.15. The Kier molecular flexibility index (Phi) is 4.48. The molecule has 0 fully saturated rings. The van der Waals surface area contributed by atoms with Gasteiger partial charge in [0.25, 0.3) is 0 Å². The van der Waals surface area contributed by atoms with Crippen molar-refractivity contribution in [1.29, 1.82) is 0 Å². The fourth-order valence-corrected chi connectivity index (χ4v) is 4.08. The molecule has 0 spiro atoms. The molecule has 1 aliphatic heterocycles. The van der Waals surface area contributed by atoms with Crippen LogP contribution >= 0.6 is 35.0 Å². The highest BCUT2D eigenvalue weighted by atomic mass is 35.5. The lowest BCUT2D eigenvalue weighted by molar-refractivity contribution is -0.137. The van der Waals surface area contributed by atoms with Gasteiger partial charge in [0.05, 0.1) is 21.3 Å². The van der Waals surface area contributed by atoms with Crippen LogP contribution in [0.1, 0.15) is 23.7 Å². The van der Waals surface area contributed by atoms with E-state index in [1.807, 2.05) is 0 Å². The number of aromatic nitrogens is 2. The molecule has 4 nitrogen and oxygen atoms in total. The molecule has 1 aromatic carbocycles. The van der Waals surface area contributed by atoms with Crippen molar-refractivity contribution in [2.45, 2.75) is 24.6 Å². The topological polar surface area (TPSA) is 46.9 Å². The molecule has 0 unspecified atom stereocenters. The highest BCUT2D eigenvalue weighted by molar-refractivity contribution is 7.98. The van der Waals surface area contributed by atoms with E-state index in [4.69, 9.17) is 23.2 Å². The maximum atomic E-state index is 12.9. The second-order valence-electron chi connectivity index (χ2n) is 5.15. The van der Waals surface area contributed by atoms with Gasteiger partial charge >= 0.3 is 6.18 Å². The average Bonchev–Trinajstić information content (AvgIpc) is 3.00. The molecule has 1 aromatic heterocycles. The van der Waals surface area contributed by atoms with E-state index in [9.17, 15) is 18.0 Å². The fraction of sp³-hybridized carbons (Fsp3) is 0.286. The first-order valence-electron chi connectivity index (χ1n) is 6.71. The summed E-state index contributed by atoms with van der Waals surface area (Å²) in [5.41, 5.74) is 0.727. The summed E-state index contributed by atoms with van der Waals surface area (Å²) in [5, 5.41) is 6.62. The molecule has 0 atom stereocenters. The number of alkyl halides is 3. The zero-order valence-electron chi connectivity index (χ0n) is 12.2. The minimum Gasteiger partial charge on any atom is -0.311 e. The number of hydrogen-bond donors (Lipinski definition) is 1. The van der Waals surface area contributed by atoms with Gasteiger partial charge in [-0.3, -0.25) is 4.79 Å². The van der Waals surface area contributed by atoms with Crippen molar-refractivity contribution >= 4 is 46.7 Å². The molecule has 0 saturated carbocycles. The lowest BCUT2D eigenvalue weighted by atomic mass is 10.2. The quantitative estimate of drug-likeness (QED) is 0.786. The van der Waals surface area contributed by atoms with Gasteiger partial charge in [-0.15, -0.1) is 0 Å². The number of benzene rings is 1. The summed E-state index contributed by atoms with van der Waals surface area (Å²) in [4.78, 5) is 11.5. The lowest BCUT2D eigenvalue weighted by Crippen LogP contribution is -2.13. The van der Waals surface area contributed by atoms with E-state index < -0.39 is 11.7 Å². The van der Waals surface area contributed by atoms with Crippen LogP contribution in [0.3, 0.4) is 0 Å². The van der Waals surface area contributed by atoms with Crippen LogP contribution in [0.25, 0.3) is 5.69 Å². The Labute approximate surface area is 149 Å². The predicted octanol–water partition coefficient (Wildman–Crippen LogP) is 4.90. The third-order valence-corrected chi connectivity index (χ3v) is 4.95. The summed E-state index contributed by atoms with van der Waals surface area (Å²) in [6.07, 6.45) is -4.56. The van der Waals surface area contributed by atoms with Gasteiger partial charge in [-0.2, -0.15) is 30.0 Å². The predicted molar refractivity (Wildman–Crippen MR) is 87.9 cm³/mol. The van der Waals surface area contributed by atoms with Crippen LogP contribution in [0.15, 0.2) is 12.1 Å². The van der Waals surface area contributed by atoms with Crippen molar-refractivity contribution in [2.75, 3.05) is 5.32 Å². The number of halogens is 5. The molecule has 2 heterocycles. The third kappa shape index (κ3) is 3.10. The molecule has 1 N–H and O–H groups in total. The summed E-state index contributed by atoms with van der Waals surface area (Å²) in [6, 6.07) is 1.59. The van der Waals surface area contributed by atoms with E-state index in [1.54, 1.807) is 11.8 Å². The van der Waals surface area contributed by atoms with Crippen LogP contribution in [-0.2, 0) is 22.5 Å². The minimum atomic E-state index is -4.56. The molecule has 128 valence electrons. The molecule has 1 amide bonds. The third-order valence-electron chi connectivity index (χ3n) is 3.40. The number of fused-ring (bicyclic) bond motifs is 1. The van der Waals surface area contributed by atoms with Gasteiger partial charge in [-0.1, -0.05) is 23.2 Å². The number of amides is 1. The van der Waals surface area contributed by atoms with E-state index in [-0.39, 0.29) is 21.6 Å². The maximum absolute atomic E-state index is 12.9. The number of rotatable bonds is 2. The Balaban J connectivity index is 2.18. The highest BCUT2D eigenvalue weighted by Gasteiger charge is 2.33. The molecule has 10 heteroatoms. The van der Waals surface area contributed by atoms with E-state index in [2.05, 4.69) is 10.4 Å². The molecule has 0 saturated heterocycles. The summed E-state index contributed by atoms with van der Waals surface area (Å²) < 4.78 is 39.9. The Bertz CT molecular complexity index is 812. The van der Waals surface area contributed by atoms with E-state index in [0.29, 0.717) is 17.3 Å². The number of anilines is 1. The number of carbonyl (C=O) groups is 1. The normalized spacial score (nSPS) is 13.9. The van der Waals surface area contributed by atoms with Crippen molar-refractivity contribution in [3.63, 3.8) is 0 Å². The molecular formula is C14H10Cl2F3N3OS. The molecule has 2 aromatic rings. The second-order valence-corrected chi connectivity index (χ2v) is 6.95. The van der Waals surface area contributed by atoms with Gasteiger partial charge in [-0.25, -0.2) is 4.68 Å². The maximum Gasteiger partial charge on any atom is 0.416 e. The van der Waals surface area contributed by atoms with Gasteiger partial charge < -0.3 is 5.32 Å². The number of hydrogen-bond acceptors (Lipinski definition) is 3. The summed E-state index contributed by atoms with van der Waals surface area (Å²) >= 11 is 13.7. The standard InChI is InChI=1S/C14H10Cl2F3N3OS/c1-6(23)20-13-8-4-24-5-11(8)21-22(13)12-9(15)2-7(3-10(12)16)14(17,18)19/h2-3H,4-5H2,1H3,(H,20,23). The molecular weight excluding hydrogens is 386 g/mol. The van der Waals surface area contributed by atoms with Crippen LogP contribution in [0, 0.1) is 0 Å². The first kappa shape index (κ1) is 17.4. The van der Waals surface area contributed by atoms with E-state index >= 15 is 0 Å². The smallest absolute Gasteiger partial charge is 0.311 e. The first-order chi connectivity index (χ1) is 11.2. The monoisotopic (exact) mass is 395 g/mol. The van der Waals surface area contributed by atoms with Crippen molar-refractivity contribution < 1.29 is 18.0 Å².